The molecule has 1 N–H and O–H groups in total. The van der Waals surface area contributed by atoms with E-state index in [1.165, 1.54) is 24.3 Å². The normalized spacial score (nSPS) is 11.1. The van der Waals surface area contributed by atoms with E-state index < -0.39 is 17.9 Å². The highest BCUT2D eigenvalue weighted by molar-refractivity contribution is 6.31. The zero-order valence-corrected chi connectivity index (χ0v) is 11.7. The van der Waals surface area contributed by atoms with E-state index in [0.29, 0.717) is 0 Å². The lowest BCUT2D eigenvalue weighted by Crippen LogP contribution is -2.30. The summed E-state index contributed by atoms with van der Waals surface area (Å²) in [4.78, 5) is 23.4. The third-order valence-corrected chi connectivity index (χ3v) is 3.00. The van der Waals surface area contributed by atoms with Crippen LogP contribution < -0.4 is 5.32 Å². The Bertz CT molecular complexity index is 714. The lowest BCUT2D eigenvalue weighted by molar-refractivity contribution is -0.167. The van der Waals surface area contributed by atoms with Crippen molar-refractivity contribution in [2.75, 3.05) is 5.32 Å². The lowest BCUT2D eigenvalue weighted by atomic mass is 10.0. The summed E-state index contributed by atoms with van der Waals surface area (Å²) in [6.07, 6.45) is -5.05. The van der Waals surface area contributed by atoms with Crippen LogP contribution in [0.4, 0.5) is 18.9 Å². The van der Waals surface area contributed by atoms with Gasteiger partial charge in [0, 0.05) is 16.1 Å². The average Bonchev–Trinajstić information content (AvgIpc) is 2.48. The fourth-order valence-corrected chi connectivity index (χ4v) is 1.92. The molecule has 0 fully saturated rings. The first-order valence-corrected chi connectivity index (χ1v) is 6.44. The molecule has 0 aromatic heterocycles. The summed E-state index contributed by atoms with van der Waals surface area (Å²) in [5.74, 6) is -2.70. The van der Waals surface area contributed by atoms with Gasteiger partial charge in [0.1, 0.15) is 0 Å². The smallest absolute Gasteiger partial charge is 0.318 e. The van der Waals surface area contributed by atoms with E-state index in [1.54, 1.807) is 23.5 Å². The molecule has 0 atom stereocenters. The summed E-state index contributed by atoms with van der Waals surface area (Å²) in [5, 5.41) is 1.86. The summed E-state index contributed by atoms with van der Waals surface area (Å²) in [6, 6.07) is 11.6. The molecular formula is C15H9ClF3NO2. The van der Waals surface area contributed by atoms with Crippen molar-refractivity contribution in [3.63, 3.8) is 0 Å². The van der Waals surface area contributed by atoms with Gasteiger partial charge in [-0.05, 0) is 18.2 Å². The quantitative estimate of drug-likeness (QED) is 0.864. The van der Waals surface area contributed by atoms with E-state index in [9.17, 15) is 22.8 Å². The Morgan fingerprint density at radius 3 is 2.23 bits per heavy atom. The van der Waals surface area contributed by atoms with Gasteiger partial charge >= 0.3 is 12.1 Å². The molecule has 0 bridgehead atoms. The highest BCUT2D eigenvalue weighted by Gasteiger charge is 2.39. The van der Waals surface area contributed by atoms with Crippen molar-refractivity contribution >= 4 is 29.0 Å². The molecule has 2 rings (SSSR count). The van der Waals surface area contributed by atoms with Crippen LogP contribution in [0, 0.1) is 0 Å². The predicted molar refractivity (Wildman–Crippen MR) is 76.0 cm³/mol. The molecule has 0 heterocycles. The van der Waals surface area contributed by atoms with Crippen molar-refractivity contribution in [2.24, 2.45) is 0 Å². The molecule has 0 aliphatic carbocycles. The first-order chi connectivity index (χ1) is 10.3. The molecular weight excluding hydrogens is 319 g/mol. The zero-order chi connectivity index (χ0) is 16.3. The minimum Gasteiger partial charge on any atom is -0.318 e. The van der Waals surface area contributed by atoms with Crippen molar-refractivity contribution in [1.82, 2.24) is 0 Å². The fourth-order valence-electron chi connectivity index (χ4n) is 1.75. The standard InChI is InChI=1S/C15H9ClF3NO2/c16-10-6-7-12(20-14(22)15(17,18)19)11(8-10)13(21)9-4-2-1-3-5-9/h1-8H,(H,20,22). The van der Waals surface area contributed by atoms with Crippen LogP contribution in [0.15, 0.2) is 48.5 Å². The summed E-state index contributed by atoms with van der Waals surface area (Å²) < 4.78 is 37.0. The monoisotopic (exact) mass is 327 g/mol. The first kappa shape index (κ1) is 16.0. The lowest BCUT2D eigenvalue weighted by Gasteiger charge is -2.12. The minimum absolute atomic E-state index is 0.115. The number of hydrogen-bond donors (Lipinski definition) is 1. The SMILES string of the molecule is O=C(c1ccccc1)c1cc(Cl)ccc1NC(=O)C(F)(F)F. The molecule has 0 saturated carbocycles. The first-order valence-electron chi connectivity index (χ1n) is 6.06. The Kier molecular flexibility index (Phi) is 4.51. The van der Waals surface area contributed by atoms with E-state index >= 15 is 0 Å². The summed E-state index contributed by atoms with van der Waals surface area (Å²) in [5.41, 5.74) is -0.0934. The maximum absolute atomic E-state index is 12.4. The van der Waals surface area contributed by atoms with Gasteiger partial charge in [0.25, 0.3) is 0 Å². The van der Waals surface area contributed by atoms with Crippen molar-refractivity contribution in [3.05, 3.63) is 64.7 Å². The second kappa shape index (κ2) is 6.19. The zero-order valence-electron chi connectivity index (χ0n) is 10.9. The highest BCUT2D eigenvalue weighted by atomic mass is 35.5. The minimum atomic E-state index is -5.05. The van der Waals surface area contributed by atoms with Gasteiger partial charge in [0.2, 0.25) is 0 Å². The van der Waals surface area contributed by atoms with Crippen LogP contribution in [0.25, 0.3) is 0 Å². The number of anilines is 1. The molecule has 0 spiro atoms. The maximum Gasteiger partial charge on any atom is 0.471 e. The third-order valence-electron chi connectivity index (χ3n) is 2.77. The molecule has 3 nitrogen and oxygen atoms in total. The fraction of sp³-hybridized carbons (Fsp3) is 0.0667. The van der Waals surface area contributed by atoms with Crippen LogP contribution in [-0.4, -0.2) is 17.9 Å². The number of nitrogens with one attached hydrogen (secondary N) is 1. The molecule has 1 amide bonds. The molecule has 7 heteroatoms. The Morgan fingerprint density at radius 1 is 1.00 bits per heavy atom. The number of alkyl halides is 3. The molecule has 0 aliphatic rings. The van der Waals surface area contributed by atoms with Gasteiger partial charge in [-0.2, -0.15) is 13.2 Å². The Morgan fingerprint density at radius 2 is 1.64 bits per heavy atom. The number of carbonyl (C=O) groups excluding carboxylic acids is 2. The van der Waals surface area contributed by atoms with E-state index in [-0.39, 0.29) is 21.8 Å². The molecule has 2 aromatic rings. The van der Waals surface area contributed by atoms with Crippen molar-refractivity contribution in [3.8, 4) is 0 Å². The molecule has 0 saturated heterocycles. The van der Waals surface area contributed by atoms with Crippen molar-refractivity contribution in [1.29, 1.82) is 0 Å². The summed E-state index contributed by atoms with van der Waals surface area (Å²) >= 11 is 5.79. The van der Waals surface area contributed by atoms with Gasteiger partial charge in [-0.15, -0.1) is 0 Å². The highest BCUT2D eigenvalue weighted by Crippen LogP contribution is 2.26. The van der Waals surface area contributed by atoms with E-state index in [0.717, 1.165) is 6.07 Å². The number of carbonyl (C=O) groups is 2. The molecule has 0 radical (unpaired) electrons. The van der Waals surface area contributed by atoms with Gasteiger partial charge in [0.15, 0.2) is 5.78 Å². The van der Waals surface area contributed by atoms with Gasteiger partial charge in [-0.1, -0.05) is 41.9 Å². The topological polar surface area (TPSA) is 46.2 Å². The van der Waals surface area contributed by atoms with Crippen LogP contribution in [0.5, 0.6) is 0 Å². The van der Waals surface area contributed by atoms with Crippen molar-refractivity contribution in [2.45, 2.75) is 6.18 Å². The number of ketones is 1. The number of amides is 1. The van der Waals surface area contributed by atoms with Crippen LogP contribution >= 0.6 is 11.6 Å². The molecule has 0 aliphatic heterocycles. The molecule has 2 aromatic carbocycles. The second-order valence-corrected chi connectivity index (χ2v) is 4.77. The average molecular weight is 328 g/mol. The Hall–Kier alpha value is -2.34. The molecule has 0 unspecified atom stereocenters. The summed E-state index contributed by atoms with van der Waals surface area (Å²) in [7, 11) is 0. The Balaban J connectivity index is 2.41. The van der Waals surface area contributed by atoms with Gasteiger partial charge in [-0.25, -0.2) is 0 Å². The van der Waals surface area contributed by atoms with Crippen LogP contribution in [0.3, 0.4) is 0 Å². The van der Waals surface area contributed by atoms with Crippen LogP contribution in [-0.2, 0) is 4.79 Å². The Labute approximate surface area is 128 Å². The number of hydrogen-bond acceptors (Lipinski definition) is 2. The van der Waals surface area contributed by atoms with E-state index in [2.05, 4.69) is 0 Å². The van der Waals surface area contributed by atoms with Crippen LogP contribution in [0.2, 0.25) is 5.02 Å². The van der Waals surface area contributed by atoms with Crippen LogP contribution in [0.1, 0.15) is 15.9 Å². The van der Waals surface area contributed by atoms with Crippen molar-refractivity contribution < 1.29 is 22.8 Å². The van der Waals surface area contributed by atoms with Gasteiger partial charge in [-0.3, -0.25) is 9.59 Å². The van der Waals surface area contributed by atoms with E-state index in [1.807, 2.05) is 0 Å². The number of benzene rings is 2. The third kappa shape index (κ3) is 3.65. The predicted octanol–water partition coefficient (Wildman–Crippen LogP) is 4.07. The molecule has 22 heavy (non-hydrogen) atoms. The molecule has 114 valence electrons. The second-order valence-electron chi connectivity index (χ2n) is 4.34. The largest absolute Gasteiger partial charge is 0.471 e. The maximum atomic E-state index is 12.4. The number of rotatable bonds is 3. The van der Waals surface area contributed by atoms with Gasteiger partial charge in [0.05, 0.1) is 5.69 Å². The number of halogens is 4. The van der Waals surface area contributed by atoms with Gasteiger partial charge < -0.3 is 5.32 Å². The summed E-state index contributed by atoms with van der Waals surface area (Å²) in [6.45, 7) is 0. The van der Waals surface area contributed by atoms with E-state index in [4.69, 9.17) is 11.6 Å².